The number of amides is 2. The molecule has 0 spiro atoms. The maximum Gasteiger partial charge on any atom is 0.273 e. The number of hydrogen-bond acceptors (Lipinski definition) is 5. The van der Waals surface area contributed by atoms with Crippen LogP contribution in [-0.4, -0.2) is 51.1 Å². The van der Waals surface area contributed by atoms with Crippen LogP contribution >= 0.6 is 22.9 Å². The van der Waals surface area contributed by atoms with Gasteiger partial charge in [-0.15, -0.1) is 11.3 Å². The van der Waals surface area contributed by atoms with Gasteiger partial charge in [0.25, 0.3) is 11.8 Å². The van der Waals surface area contributed by atoms with Crippen LogP contribution in [0.25, 0.3) is 10.6 Å². The Labute approximate surface area is 183 Å². The molecule has 1 saturated heterocycles. The standard InChI is InChI=1S/C21H22ClN5O2S/c1-26-12-16(11-24-26)19(28)23-10-14-6-8-27(9-7-14)21(29)18-13-30-20(25-18)15-2-4-17(22)5-3-15/h2-5,11-14H,6-10H2,1H3,(H,23,28). The van der Waals surface area contributed by atoms with E-state index in [2.05, 4.69) is 15.4 Å². The van der Waals surface area contributed by atoms with E-state index in [1.807, 2.05) is 34.5 Å². The van der Waals surface area contributed by atoms with Crippen molar-refractivity contribution in [3.05, 3.63) is 58.3 Å². The van der Waals surface area contributed by atoms with Crippen LogP contribution in [0.2, 0.25) is 5.02 Å². The second-order valence-electron chi connectivity index (χ2n) is 7.39. The molecule has 9 heteroatoms. The summed E-state index contributed by atoms with van der Waals surface area (Å²) >= 11 is 7.39. The highest BCUT2D eigenvalue weighted by Gasteiger charge is 2.25. The average molecular weight is 444 g/mol. The number of aromatic nitrogens is 3. The fourth-order valence-corrected chi connectivity index (χ4v) is 4.40. The lowest BCUT2D eigenvalue weighted by Gasteiger charge is -2.31. The van der Waals surface area contributed by atoms with Gasteiger partial charge in [-0.3, -0.25) is 14.3 Å². The van der Waals surface area contributed by atoms with Crippen molar-refractivity contribution in [1.82, 2.24) is 25.0 Å². The summed E-state index contributed by atoms with van der Waals surface area (Å²) in [5.74, 6) is 0.206. The highest BCUT2D eigenvalue weighted by Crippen LogP contribution is 2.26. The Hall–Kier alpha value is -2.71. The Kier molecular flexibility index (Phi) is 6.15. The summed E-state index contributed by atoms with van der Waals surface area (Å²) < 4.78 is 1.61. The van der Waals surface area contributed by atoms with Gasteiger partial charge in [-0.25, -0.2) is 4.98 Å². The summed E-state index contributed by atoms with van der Waals surface area (Å²) in [4.78, 5) is 31.3. The first-order chi connectivity index (χ1) is 14.5. The molecule has 3 heterocycles. The minimum atomic E-state index is -0.112. The molecule has 1 N–H and O–H groups in total. The normalized spacial score (nSPS) is 14.7. The summed E-state index contributed by atoms with van der Waals surface area (Å²) in [6.07, 6.45) is 4.96. The molecule has 0 bridgehead atoms. The molecular formula is C21H22ClN5O2S. The number of likely N-dealkylation sites (tertiary alicyclic amines) is 1. The molecule has 0 atom stereocenters. The summed E-state index contributed by atoms with van der Waals surface area (Å²) in [6.45, 7) is 1.94. The maximum absolute atomic E-state index is 12.8. The van der Waals surface area contributed by atoms with E-state index in [4.69, 9.17) is 11.6 Å². The molecule has 0 unspecified atom stereocenters. The number of aryl methyl sites for hydroxylation is 1. The highest BCUT2D eigenvalue weighted by molar-refractivity contribution is 7.13. The van der Waals surface area contributed by atoms with Gasteiger partial charge in [0.05, 0.1) is 11.8 Å². The van der Waals surface area contributed by atoms with Gasteiger partial charge in [0.15, 0.2) is 0 Å². The SMILES string of the molecule is Cn1cc(C(=O)NCC2CCN(C(=O)c3csc(-c4ccc(Cl)cc4)n3)CC2)cn1. The van der Waals surface area contributed by atoms with Crippen molar-refractivity contribution in [3.63, 3.8) is 0 Å². The molecule has 1 aliphatic rings. The van der Waals surface area contributed by atoms with E-state index in [1.54, 1.807) is 24.1 Å². The fraction of sp³-hybridized carbons (Fsp3) is 0.333. The predicted octanol–water partition coefficient (Wildman–Crippen LogP) is 3.48. The number of thiazole rings is 1. The van der Waals surface area contributed by atoms with E-state index in [1.165, 1.54) is 11.3 Å². The van der Waals surface area contributed by atoms with Crippen LogP contribution in [0.15, 0.2) is 42.0 Å². The molecule has 3 aromatic rings. The van der Waals surface area contributed by atoms with Gasteiger partial charge in [-0.05, 0) is 30.9 Å². The van der Waals surface area contributed by atoms with Gasteiger partial charge in [-0.2, -0.15) is 5.10 Å². The number of carbonyl (C=O) groups is 2. The highest BCUT2D eigenvalue weighted by atomic mass is 35.5. The number of benzene rings is 1. The van der Waals surface area contributed by atoms with Crippen LogP contribution in [0.3, 0.4) is 0 Å². The van der Waals surface area contributed by atoms with Crippen molar-refractivity contribution in [3.8, 4) is 10.6 Å². The molecule has 0 radical (unpaired) electrons. The van der Waals surface area contributed by atoms with E-state index < -0.39 is 0 Å². The summed E-state index contributed by atoms with van der Waals surface area (Å²) in [6, 6.07) is 7.44. The third kappa shape index (κ3) is 4.71. The van der Waals surface area contributed by atoms with Crippen LogP contribution in [0.1, 0.15) is 33.7 Å². The summed E-state index contributed by atoms with van der Waals surface area (Å²) in [5.41, 5.74) is 1.99. The third-order valence-electron chi connectivity index (χ3n) is 5.23. The molecule has 1 aliphatic heterocycles. The Bertz CT molecular complexity index is 1040. The van der Waals surface area contributed by atoms with Gasteiger partial charge in [0, 0.05) is 48.8 Å². The first-order valence-corrected chi connectivity index (χ1v) is 11.0. The smallest absolute Gasteiger partial charge is 0.273 e. The number of piperidine rings is 1. The Morgan fingerprint density at radius 3 is 2.63 bits per heavy atom. The molecule has 7 nitrogen and oxygen atoms in total. The molecule has 0 saturated carbocycles. The number of nitrogens with zero attached hydrogens (tertiary/aromatic N) is 4. The Morgan fingerprint density at radius 1 is 1.23 bits per heavy atom. The van der Waals surface area contributed by atoms with Crippen molar-refractivity contribution >= 4 is 34.8 Å². The van der Waals surface area contributed by atoms with Crippen molar-refractivity contribution in [2.24, 2.45) is 13.0 Å². The lowest BCUT2D eigenvalue weighted by molar-refractivity contribution is 0.0679. The second-order valence-corrected chi connectivity index (χ2v) is 8.69. The number of nitrogens with one attached hydrogen (secondary N) is 1. The number of carbonyl (C=O) groups excluding carboxylic acids is 2. The average Bonchev–Trinajstić information content (AvgIpc) is 3.42. The molecule has 4 rings (SSSR count). The van der Waals surface area contributed by atoms with Gasteiger partial charge in [0.2, 0.25) is 0 Å². The number of halogens is 1. The molecule has 2 amide bonds. The van der Waals surface area contributed by atoms with Crippen molar-refractivity contribution in [1.29, 1.82) is 0 Å². The zero-order chi connectivity index (χ0) is 21.1. The lowest BCUT2D eigenvalue weighted by atomic mass is 9.96. The van der Waals surface area contributed by atoms with Gasteiger partial charge in [0.1, 0.15) is 10.7 Å². The number of rotatable bonds is 5. The predicted molar refractivity (Wildman–Crippen MR) is 117 cm³/mol. The lowest BCUT2D eigenvalue weighted by Crippen LogP contribution is -2.41. The van der Waals surface area contributed by atoms with E-state index in [0.717, 1.165) is 23.4 Å². The minimum absolute atomic E-state index is 0.0377. The quantitative estimate of drug-likeness (QED) is 0.654. The van der Waals surface area contributed by atoms with E-state index in [-0.39, 0.29) is 11.8 Å². The topological polar surface area (TPSA) is 80.1 Å². The van der Waals surface area contributed by atoms with Crippen molar-refractivity contribution in [2.75, 3.05) is 19.6 Å². The Morgan fingerprint density at radius 2 is 1.97 bits per heavy atom. The van der Waals surface area contributed by atoms with Crippen LogP contribution in [0, 0.1) is 5.92 Å². The van der Waals surface area contributed by atoms with Crippen LogP contribution in [-0.2, 0) is 7.05 Å². The van der Waals surface area contributed by atoms with Crippen molar-refractivity contribution < 1.29 is 9.59 Å². The first-order valence-electron chi connectivity index (χ1n) is 9.77. The van der Waals surface area contributed by atoms with Gasteiger partial charge >= 0.3 is 0 Å². The van der Waals surface area contributed by atoms with E-state index >= 15 is 0 Å². The number of hydrogen-bond donors (Lipinski definition) is 1. The largest absolute Gasteiger partial charge is 0.352 e. The van der Waals surface area contributed by atoms with Gasteiger partial charge in [-0.1, -0.05) is 23.7 Å². The molecule has 156 valence electrons. The summed E-state index contributed by atoms with van der Waals surface area (Å²) in [7, 11) is 1.78. The zero-order valence-corrected chi connectivity index (χ0v) is 18.1. The minimum Gasteiger partial charge on any atom is -0.352 e. The molecule has 1 fully saturated rings. The first kappa shape index (κ1) is 20.6. The Balaban J connectivity index is 1.28. The van der Waals surface area contributed by atoms with Gasteiger partial charge < -0.3 is 10.2 Å². The monoisotopic (exact) mass is 443 g/mol. The zero-order valence-electron chi connectivity index (χ0n) is 16.5. The van der Waals surface area contributed by atoms with Crippen LogP contribution in [0.4, 0.5) is 0 Å². The maximum atomic E-state index is 12.8. The molecule has 0 aliphatic carbocycles. The molecule has 1 aromatic carbocycles. The van der Waals surface area contributed by atoms with Crippen molar-refractivity contribution in [2.45, 2.75) is 12.8 Å². The van der Waals surface area contributed by atoms with E-state index in [9.17, 15) is 9.59 Å². The van der Waals surface area contributed by atoms with Crippen LogP contribution < -0.4 is 5.32 Å². The van der Waals surface area contributed by atoms with E-state index in [0.29, 0.717) is 41.8 Å². The molecule has 2 aromatic heterocycles. The fourth-order valence-electron chi connectivity index (χ4n) is 3.48. The molecular weight excluding hydrogens is 422 g/mol. The second kappa shape index (κ2) is 8.97. The molecule has 30 heavy (non-hydrogen) atoms. The summed E-state index contributed by atoms with van der Waals surface area (Å²) in [5, 5.41) is 10.3. The van der Waals surface area contributed by atoms with Crippen LogP contribution in [0.5, 0.6) is 0 Å². The third-order valence-corrected chi connectivity index (χ3v) is 6.38.